The van der Waals surface area contributed by atoms with E-state index in [-0.39, 0.29) is 17.1 Å². The fraction of sp³-hybridized carbons (Fsp3) is 0.481. The molecule has 0 saturated carbocycles. The Morgan fingerprint density at radius 1 is 1.03 bits per heavy atom. The smallest absolute Gasteiger partial charge is 0.246 e. The van der Waals surface area contributed by atoms with Crippen LogP contribution in [0.2, 0.25) is 0 Å². The second-order valence-electron chi connectivity index (χ2n) is 10.6. The molecule has 35 heavy (non-hydrogen) atoms. The third kappa shape index (κ3) is 5.76. The van der Waals surface area contributed by atoms with Crippen LogP contribution in [-0.4, -0.2) is 55.6 Å². The highest BCUT2D eigenvalue weighted by Crippen LogP contribution is 2.46. The quantitative estimate of drug-likeness (QED) is 0.610. The van der Waals surface area contributed by atoms with Crippen LogP contribution in [0.1, 0.15) is 49.8 Å². The van der Waals surface area contributed by atoms with Crippen molar-refractivity contribution < 1.29 is 18.0 Å². The zero-order valence-corrected chi connectivity index (χ0v) is 21.3. The predicted octanol–water partition coefficient (Wildman–Crippen LogP) is 2.33. The number of aryl methyl sites for hydroxylation is 1. The highest BCUT2D eigenvalue weighted by molar-refractivity contribution is 7.90. The van der Waals surface area contributed by atoms with Gasteiger partial charge < -0.3 is 16.0 Å². The van der Waals surface area contributed by atoms with E-state index in [1.54, 1.807) is 29.2 Å². The molecule has 1 heterocycles. The van der Waals surface area contributed by atoms with E-state index < -0.39 is 33.1 Å². The number of sulfone groups is 1. The van der Waals surface area contributed by atoms with Crippen molar-refractivity contribution in [1.82, 2.24) is 10.2 Å². The third-order valence-electron chi connectivity index (χ3n) is 7.33. The number of carbonyl (C=O) groups is 2. The molecular weight excluding hydrogens is 462 g/mol. The highest BCUT2D eigenvalue weighted by atomic mass is 32.2. The average Bonchev–Trinajstić information content (AvgIpc) is 3.16. The number of hydrogen-bond donors (Lipinski definition) is 2. The van der Waals surface area contributed by atoms with Crippen molar-refractivity contribution >= 4 is 21.7 Å². The lowest BCUT2D eigenvalue weighted by Crippen LogP contribution is -2.59. The number of benzene rings is 2. The van der Waals surface area contributed by atoms with Crippen molar-refractivity contribution in [3.05, 3.63) is 71.3 Å². The monoisotopic (exact) mass is 497 g/mol. The molecule has 0 unspecified atom stereocenters. The lowest BCUT2D eigenvalue weighted by Gasteiger charge is -2.41. The minimum Gasteiger partial charge on any atom is -0.342 e. The molecule has 3 N–H and O–H groups in total. The van der Waals surface area contributed by atoms with Crippen molar-refractivity contribution in [3.8, 4) is 0 Å². The number of fused-ring (bicyclic) bond motifs is 2. The van der Waals surface area contributed by atoms with Gasteiger partial charge in [-0.25, -0.2) is 8.42 Å². The van der Waals surface area contributed by atoms with Gasteiger partial charge >= 0.3 is 0 Å². The Bertz CT molecular complexity index is 1180. The van der Waals surface area contributed by atoms with Crippen LogP contribution in [0, 0.1) is 0 Å². The summed E-state index contributed by atoms with van der Waals surface area (Å²) in [6.07, 6.45) is 3.78. The second kappa shape index (κ2) is 9.74. The summed E-state index contributed by atoms with van der Waals surface area (Å²) in [6, 6.07) is 16.2. The number of piperidine rings is 1. The first kappa shape index (κ1) is 25.4. The Hall–Kier alpha value is -2.71. The number of nitrogens with two attached hydrogens (primary N) is 1. The zero-order chi connectivity index (χ0) is 25.3. The summed E-state index contributed by atoms with van der Waals surface area (Å²) in [4.78, 5) is 27.9. The van der Waals surface area contributed by atoms with Gasteiger partial charge in [-0.3, -0.25) is 9.59 Å². The van der Waals surface area contributed by atoms with Gasteiger partial charge in [-0.15, -0.1) is 0 Å². The van der Waals surface area contributed by atoms with E-state index in [1.165, 1.54) is 25.0 Å². The fourth-order valence-corrected chi connectivity index (χ4v) is 6.87. The lowest BCUT2D eigenvalue weighted by molar-refractivity contribution is -0.138. The maximum atomic E-state index is 13.5. The van der Waals surface area contributed by atoms with Crippen LogP contribution in [0.4, 0.5) is 0 Å². The summed E-state index contributed by atoms with van der Waals surface area (Å²) in [6.45, 7) is 4.13. The van der Waals surface area contributed by atoms with Crippen LogP contribution in [0.5, 0.6) is 0 Å². The molecule has 1 spiro atoms. The van der Waals surface area contributed by atoms with Crippen LogP contribution in [0.15, 0.2) is 54.6 Å². The van der Waals surface area contributed by atoms with E-state index >= 15 is 0 Å². The first-order chi connectivity index (χ1) is 16.5. The largest absolute Gasteiger partial charge is 0.342 e. The molecule has 1 saturated heterocycles. The minimum atomic E-state index is -3.67. The van der Waals surface area contributed by atoms with Gasteiger partial charge in [0, 0.05) is 13.1 Å². The normalized spacial score (nSPS) is 18.2. The SMILES string of the molecule is CC(C)(N)C(=O)N[C@H](CS(=O)(=O)Cc1ccccc1)C(=O)N1CCC2(CCc3ccccc32)CC1. The van der Waals surface area contributed by atoms with E-state index in [0.717, 1.165) is 25.7 Å². The summed E-state index contributed by atoms with van der Waals surface area (Å²) in [5.41, 5.74) is 8.18. The van der Waals surface area contributed by atoms with E-state index in [1.807, 2.05) is 6.07 Å². The second-order valence-corrected chi connectivity index (χ2v) is 12.7. The molecule has 2 aromatic rings. The Labute approximate surface area is 208 Å². The average molecular weight is 498 g/mol. The van der Waals surface area contributed by atoms with Gasteiger partial charge in [0.1, 0.15) is 6.04 Å². The molecule has 0 bridgehead atoms. The molecule has 1 fully saturated rings. The highest BCUT2D eigenvalue weighted by Gasteiger charge is 2.43. The Morgan fingerprint density at radius 2 is 1.66 bits per heavy atom. The topological polar surface area (TPSA) is 110 Å². The van der Waals surface area contributed by atoms with Gasteiger partial charge in [-0.05, 0) is 61.6 Å². The van der Waals surface area contributed by atoms with Crippen LogP contribution in [-0.2, 0) is 37.0 Å². The molecule has 0 aromatic heterocycles. The maximum Gasteiger partial charge on any atom is 0.246 e. The van der Waals surface area contributed by atoms with E-state index in [4.69, 9.17) is 5.73 Å². The number of likely N-dealkylation sites (tertiary alicyclic amines) is 1. The van der Waals surface area contributed by atoms with Crippen molar-refractivity contribution in [1.29, 1.82) is 0 Å². The first-order valence-electron chi connectivity index (χ1n) is 12.2. The van der Waals surface area contributed by atoms with E-state index in [9.17, 15) is 18.0 Å². The summed E-state index contributed by atoms with van der Waals surface area (Å²) in [5, 5.41) is 2.64. The van der Waals surface area contributed by atoms with Crippen molar-refractivity contribution in [2.45, 2.75) is 62.3 Å². The number of rotatable bonds is 7. The van der Waals surface area contributed by atoms with Gasteiger partial charge in [0.25, 0.3) is 0 Å². The van der Waals surface area contributed by atoms with Crippen molar-refractivity contribution in [2.24, 2.45) is 5.73 Å². The van der Waals surface area contributed by atoms with Crippen molar-refractivity contribution in [3.63, 3.8) is 0 Å². The molecule has 7 nitrogen and oxygen atoms in total. The van der Waals surface area contributed by atoms with Crippen LogP contribution >= 0.6 is 0 Å². The number of carbonyl (C=O) groups excluding carboxylic acids is 2. The third-order valence-corrected chi connectivity index (χ3v) is 8.95. The number of amides is 2. The van der Waals surface area contributed by atoms with Crippen LogP contribution in [0.25, 0.3) is 0 Å². The first-order valence-corrected chi connectivity index (χ1v) is 14.0. The Kier molecular flexibility index (Phi) is 7.06. The molecule has 4 rings (SSSR count). The van der Waals surface area contributed by atoms with Gasteiger partial charge in [-0.1, -0.05) is 54.6 Å². The zero-order valence-electron chi connectivity index (χ0n) is 20.5. The predicted molar refractivity (Wildman–Crippen MR) is 136 cm³/mol. The molecule has 2 amide bonds. The van der Waals surface area contributed by atoms with Gasteiger partial charge in [0.15, 0.2) is 9.84 Å². The Morgan fingerprint density at radius 3 is 2.31 bits per heavy atom. The minimum absolute atomic E-state index is 0.0742. The fourth-order valence-electron chi connectivity index (χ4n) is 5.32. The van der Waals surface area contributed by atoms with E-state index in [0.29, 0.717) is 18.7 Å². The maximum absolute atomic E-state index is 13.5. The molecule has 1 aliphatic heterocycles. The standard InChI is InChI=1S/C27H35N3O4S/c1-26(2,28)25(32)29-23(19-35(33,34)18-20-8-4-3-5-9-20)24(31)30-16-14-27(15-17-30)13-12-21-10-6-7-11-22(21)27/h3-11,23H,12-19,28H2,1-2H3,(H,29,32)/t23-/m1/s1. The molecule has 0 radical (unpaired) electrons. The molecule has 8 heteroatoms. The van der Waals surface area contributed by atoms with Crippen LogP contribution < -0.4 is 11.1 Å². The summed E-state index contributed by atoms with van der Waals surface area (Å²) < 4.78 is 26.0. The molecule has 1 aliphatic carbocycles. The van der Waals surface area contributed by atoms with Gasteiger partial charge in [0.05, 0.1) is 17.0 Å². The number of hydrogen-bond acceptors (Lipinski definition) is 5. The van der Waals surface area contributed by atoms with E-state index in [2.05, 4.69) is 29.6 Å². The Balaban J connectivity index is 1.49. The molecule has 2 aromatic carbocycles. The van der Waals surface area contributed by atoms with Gasteiger partial charge in [-0.2, -0.15) is 0 Å². The molecular formula is C27H35N3O4S. The summed E-state index contributed by atoms with van der Waals surface area (Å²) in [7, 11) is -3.67. The summed E-state index contributed by atoms with van der Waals surface area (Å²) >= 11 is 0. The van der Waals surface area contributed by atoms with Gasteiger partial charge in [0.2, 0.25) is 11.8 Å². The number of nitrogens with one attached hydrogen (secondary N) is 1. The van der Waals surface area contributed by atoms with Crippen molar-refractivity contribution in [2.75, 3.05) is 18.8 Å². The van der Waals surface area contributed by atoms with Crippen LogP contribution in [0.3, 0.4) is 0 Å². The number of nitrogens with zero attached hydrogens (tertiary/aromatic N) is 1. The molecule has 2 aliphatic rings. The lowest BCUT2D eigenvalue weighted by atomic mass is 9.74. The summed E-state index contributed by atoms with van der Waals surface area (Å²) in [5.74, 6) is -1.57. The molecule has 188 valence electrons. The molecule has 1 atom stereocenters.